The Bertz CT molecular complexity index is 1210. The van der Waals surface area contributed by atoms with Gasteiger partial charge in [-0.1, -0.05) is 41.6 Å². The second-order valence-corrected chi connectivity index (χ2v) is 9.21. The monoisotopic (exact) mass is 473 g/mol. The molecule has 0 radical (unpaired) electrons. The largest absolute Gasteiger partial charge is 0.353 e. The third-order valence-corrected chi connectivity index (χ3v) is 6.52. The van der Waals surface area contributed by atoms with Crippen molar-refractivity contribution < 1.29 is 14.3 Å². The summed E-state index contributed by atoms with van der Waals surface area (Å²) < 4.78 is 13.4. The zero-order valence-corrected chi connectivity index (χ0v) is 20.3. The summed E-state index contributed by atoms with van der Waals surface area (Å²) in [5.41, 5.74) is 6.34. The van der Waals surface area contributed by atoms with Gasteiger partial charge in [-0.05, 0) is 49.5 Å². The number of benzene rings is 1. The standard InChI is InChI=1S/C27H31N5O3/c1-19-23(21-14-22(33)17-32(16-21)15-20-8-4-3-5-9-20)11-12-24(28-19)27-25(31(2)30-29-27)18-35-26-10-6-7-13-34-26/h3-5,8-9,11-12,14,26H,6-7,10,13,15-18H2,1-2H3. The Morgan fingerprint density at radius 2 is 1.97 bits per heavy atom. The highest BCUT2D eigenvalue weighted by atomic mass is 16.7. The molecule has 8 nitrogen and oxygen atoms in total. The van der Waals surface area contributed by atoms with Crippen LogP contribution in [0.15, 0.2) is 48.5 Å². The van der Waals surface area contributed by atoms with Crippen molar-refractivity contribution in [2.45, 2.75) is 45.6 Å². The number of hydrogen-bond acceptors (Lipinski definition) is 7. The maximum Gasteiger partial charge on any atom is 0.170 e. The fraction of sp³-hybridized carbons (Fsp3) is 0.407. The molecule has 1 unspecified atom stereocenters. The van der Waals surface area contributed by atoms with E-state index in [4.69, 9.17) is 14.5 Å². The van der Waals surface area contributed by atoms with Gasteiger partial charge in [0.1, 0.15) is 5.69 Å². The molecule has 2 aliphatic rings. The quantitative estimate of drug-likeness (QED) is 0.517. The normalized spacial score (nSPS) is 19.1. The van der Waals surface area contributed by atoms with Crippen LogP contribution in [0.4, 0.5) is 0 Å². The highest BCUT2D eigenvalue weighted by Gasteiger charge is 2.23. The summed E-state index contributed by atoms with van der Waals surface area (Å²) in [6.07, 6.45) is 4.68. The Morgan fingerprint density at radius 1 is 1.11 bits per heavy atom. The van der Waals surface area contributed by atoms with E-state index in [2.05, 4.69) is 27.3 Å². The van der Waals surface area contributed by atoms with Crippen LogP contribution in [0.2, 0.25) is 0 Å². The molecule has 1 atom stereocenters. The first kappa shape index (κ1) is 23.5. The molecule has 8 heteroatoms. The SMILES string of the molecule is Cc1nc(-c2nnn(C)c2COC2CCCCO2)ccc1C1=CC(=O)CN(Cc2ccccc2)C1. The van der Waals surface area contributed by atoms with Crippen molar-refractivity contribution in [2.24, 2.45) is 7.05 Å². The number of ketones is 1. The average molecular weight is 474 g/mol. The summed E-state index contributed by atoms with van der Waals surface area (Å²) in [5.74, 6) is 0.115. The number of nitrogens with zero attached hydrogens (tertiary/aromatic N) is 5. The highest BCUT2D eigenvalue weighted by Crippen LogP contribution is 2.27. The third kappa shape index (κ3) is 5.56. The zero-order chi connectivity index (χ0) is 24.2. The highest BCUT2D eigenvalue weighted by molar-refractivity contribution is 6.00. The molecule has 1 saturated heterocycles. The number of hydrogen-bond donors (Lipinski definition) is 0. The maximum atomic E-state index is 12.5. The summed E-state index contributed by atoms with van der Waals surface area (Å²) in [4.78, 5) is 19.5. The van der Waals surface area contributed by atoms with E-state index in [0.717, 1.165) is 60.6 Å². The summed E-state index contributed by atoms with van der Waals surface area (Å²) in [7, 11) is 1.86. The fourth-order valence-electron chi connectivity index (χ4n) is 4.70. The van der Waals surface area contributed by atoms with E-state index in [1.807, 2.05) is 44.3 Å². The summed E-state index contributed by atoms with van der Waals surface area (Å²) >= 11 is 0. The molecule has 0 saturated carbocycles. The lowest BCUT2D eigenvalue weighted by atomic mass is 9.98. The Kier molecular flexibility index (Phi) is 7.13. The molecule has 4 heterocycles. The summed E-state index contributed by atoms with van der Waals surface area (Å²) in [6, 6.07) is 14.2. The van der Waals surface area contributed by atoms with Gasteiger partial charge in [-0.3, -0.25) is 14.7 Å². The van der Waals surface area contributed by atoms with Gasteiger partial charge in [0.25, 0.3) is 0 Å². The van der Waals surface area contributed by atoms with Crippen molar-refractivity contribution in [2.75, 3.05) is 19.7 Å². The molecule has 0 amide bonds. The predicted octanol–water partition coefficient (Wildman–Crippen LogP) is 3.70. The molecule has 3 aromatic rings. The van der Waals surface area contributed by atoms with E-state index in [1.54, 1.807) is 10.8 Å². The van der Waals surface area contributed by atoms with Crippen LogP contribution in [0, 0.1) is 6.92 Å². The van der Waals surface area contributed by atoms with Crippen molar-refractivity contribution in [3.63, 3.8) is 0 Å². The second kappa shape index (κ2) is 10.6. The van der Waals surface area contributed by atoms with Gasteiger partial charge in [0.2, 0.25) is 0 Å². The van der Waals surface area contributed by atoms with E-state index >= 15 is 0 Å². The van der Waals surface area contributed by atoms with Crippen LogP contribution < -0.4 is 0 Å². The van der Waals surface area contributed by atoms with Crippen LogP contribution in [-0.2, 0) is 34.5 Å². The number of pyridine rings is 1. The molecule has 2 aliphatic heterocycles. The Labute approximate surface area is 205 Å². The first-order chi connectivity index (χ1) is 17.1. The van der Waals surface area contributed by atoms with Crippen LogP contribution in [0.25, 0.3) is 17.0 Å². The number of aryl methyl sites for hydroxylation is 2. The number of carbonyl (C=O) groups is 1. The van der Waals surface area contributed by atoms with Crippen LogP contribution in [-0.4, -0.2) is 56.6 Å². The van der Waals surface area contributed by atoms with E-state index in [9.17, 15) is 4.79 Å². The van der Waals surface area contributed by atoms with Crippen LogP contribution in [0.3, 0.4) is 0 Å². The molecule has 5 rings (SSSR count). The topological polar surface area (TPSA) is 82.4 Å². The van der Waals surface area contributed by atoms with E-state index in [0.29, 0.717) is 25.4 Å². The van der Waals surface area contributed by atoms with Crippen molar-refractivity contribution in [3.05, 3.63) is 71.1 Å². The number of carbonyl (C=O) groups excluding carboxylic acids is 1. The van der Waals surface area contributed by atoms with Crippen molar-refractivity contribution >= 4 is 11.4 Å². The smallest absolute Gasteiger partial charge is 0.170 e. The molecule has 0 aliphatic carbocycles. The van der Waals surface area contributed by atoms with Crippen molar-refractivity contribution in [1.82, 2.24) is 24.9 Å². The van der Waals surface area contributed by atoms with Gasteiger partial charge in [0.15, 0.2) is 12.1 Å². The molecule has 35 heavy (non-hydrogen) atoms. The third-order valence-electron chi connectivity index (χ3n) is 6.52. The first-order valence-corrected chi connectivity index (χ1v) is 12.2. The molecule has 1 fully saturated rings. The average Bonchev–Trinajstić information content (AvgIpc) is 3.23. The first-order valence-electron chi connectivity index (χ1n) is 12.2. The summed E-state index contributed by atoms with van der Waals surface area (Å²) in [6.45, 7) is 4.94. The number of aromatic nitrogens is 4. The molecule has 0 spiro atoms. The van der Waals surface area contributed by atoms with E-state index in [1.165, 1.54) is 5.56 Å². The minimum atomic E-state index is -0.182. The molecule has 0 bridgehead atoms. The maximum absolute atomic E-state index is 12.5. The lowest BCUT2D eigenvalue weighted by Gasteiger charge is -2.27. The number of rotatable bonds is 7. The molecule has 1 aromatic carbocycles. The molecule has 2 aromatic heterocycles. The van der Waals surface area contributed by atoms with Gasteiger partial charge < -0.3 is 9.47 Å². The van der Waals surface area contributed by atoms with Gasteiger partial charge in [-0.15, -0.1) is 5.10 Å². The van der Waals surface area contributed by atoms with Crippen molar-refractivity contribution in [1.29, 1.82) is 0 Å². The molecule has 0 N–H and O–H groups in total. The van der Waals surface area contributed by atoms with Gasteiger partial charge >= 0.3 is 0 Å². The van der Waals surface area contributed by atoms with Crippen LogP contribution >= 0.6 is 0 Å². The van der Waals surface area contributed by atoms with Gasteiger partial charge in [0, 0.05) is 38.0 Å². The summed E-state index contributed by atoms with van der Waals surface area (Å²) in [5, 5.41) is 8.56. The van der Waals surface area contributed by atoms with E-state index in [-0.39, 0.29) is 12.1 Å². The lowest BCUT2D eigenvalue weighted by Crippen LogP contribution is -2.34. The Morgan fingerprint density at radius 3 is 2.74 bits per heavy atom. The minimum Gasteiger partial charge on any atom is -0.353 e. The zero-order valence-electron chi connectivity index (χ0n) is 20.3. The molecular formula is C27H31N5O3. The predicted molar refractivity (Wildman–Crippen MR) is 132 cm³/mol. The van der Waals surface area contributed by atoms with Crippen LogP contribution in [0.1, 0.15) is 41.8 Å². The Balaban J connectivity index is 1.33. The fourth-order valence-corrected chi connectivity index (χ4v) is 4.70. The second-order valence-electron chi connectivity index (χ2n) is 9.21. The molecular weight excluding hydrogens is 442 g/mol. The van der Waals surface area contributed by atoms with Gasteiger partial charge in [-0.2, -0.15) is 0 Å². The van der Waals surface area contributed by atoms with Crippen LogP contribution in [0.5, 0.6) is 0 Å². The van der Waals surface area contributed by atoms with Gasteiger partial charge in [0.05, 0.1) is 24.5 Å². The van der Waals surface area contributed by atoms with Crippen molar-refractivity contribution in [3.8, 4) is 11.4 Å². The Hall–Kier alpha value is -3.20. The number of ether oxygens (including phenoxy) is 2. The van der Waals surface area contributed by atoms with E-state index < -0.39 is 0 Å². The lowest BCUT2D eigenvalue weighted by molar-refractivity contribution is -0.169. The molecule has 182 valence electrons. The minimum absolute atomic E-state index is 0.115. The van der Waals surface area contributed by atoms with Gasteiger partial charge in [-0.25, -0.2) is 4.68 Å².